The summed E-state index contributed by atoms with van der Waals surface area (Å²) < 4.78 is 32.7. The molecule has 0 aliphatic rings. The maximum Gasteiger partial charge on any atom is 0.243 e. The predicted octanol–water partition coefficient (Wildman–Crippen LogP) is 3.75. The second-order valence-corrected chi connectivity index (χ2v) is 9.23. The van der Waals surface area contributed by atoms with E-state index in [1.54, 1.807) is 19.9 Å². The number of hydrogen-bond acceptors (Lipinski definition) is 5. The molecule has 0 aromatic heterocycles. The average molecular weight is 448 g/mol. The molecular weight excluding hydrogens is 414 g/mol. The van der Waals surface area contributed by atoms with Gasteiger partial charge in [0.2, 0.25) is 15.9 Å². The number of benzene rings is 2. The standard InChI is InChI=1S/C23H33N3O4S/c1-6-26(7-2)31(28,29)20-14-15-22(30-8-3)21(17-20)24-23(27)16-11-18-9-12-19(13-10-18)25(4)5/h9-10,12-15,17H,6-8,11,16H2,1-5H3,(H,24,27). The van der Waals surface area contributed by atoms with Gasteiger partial charge in [-0.15, -0.1) is 0 Å². The quantitative estimate of drug-likeness (QED) is 0.568. The van der Waals surface area contributed by atoms with Gasteiger partial charge in [-0.3, -0.25) is 4.79 Å². The van der Waals surface area contributed by atoms with Crippen molar-refractivity contribution >= 4 is 27.3 Å². The number of rotatable bonds is 11. The second-order valence-electron chi connectivity index (χ2n) is 7.29. The third-order valence-electron chi connectivity index (χ3n) is 4.96. The Morgan fingerprint density at radius 1 is 1.00 bits per heavy atom. The summed E-state index contributed by atoms with van der Waals surface area (Å²) in [6.45, 7) is 6.58. The van der Waals surface area contributed by atoms with E-state index in [1.807, 2.05) is 50.2 Å². The van der Waals surface area contributed by atoms with Gasteiger partial charge in [-0.05, 0) is 49.2 Å². The van der Waals surface area contributed by atoms with Crippen LogP contribution in [0.15, 0.2) is 47.4 Å². The number of ether oxygens (including phenoxy) is 1. The molecule has 1 amide bonds. The van der Waals surface area contributed by atoms with Gasteiger partial charge in [0.05, 0.1) is 17.2 Å². The molecule has 0 saturated heterocycles. The molecule has 7 nitrogen and oxygen atoms in total. The Kier molecular flexibility index (Phi) is 8.88. The van der Waals surface area contributed by atoms with Crippen LogP contribution >= 0.6 is 0 Å². The molecule has 1 N–H and O–H groups in total. The molecule has 0 aliphatic heterocycles. The largest absolute Gasteiger partial charge is 0.492 e. The summed E-state index contributed by atoms with van der Waals surface area (Å²) >= 11 is 0. The summed E-state index contributed by atoms with van der Waals surface area (Å²) in [5.41, 5.74) is 2.52. The maximum absolute atomic E-state index is 12.9. The van der Waals surface area contributed by atoms with E-state index in [1.165, 1.54) is 16.4 Å². The molecule has 2 rings (SSSR count). The van der Waals surface area contributed by atoms with Crippen molar-refractivity contribution in [1.82, 2.24) is 4.31 Å². The van der Waals surface area contributed by atoms with E-state index in [0.717, 1.165) is 11.3 Å². The van der Waals surface area contributed by atoms with Crippen LogP contribution in [0.2, 0.25) is 0 Å². The fraction of sp³-hybridized carbons (Fsp3) is 0.435. The molecule has 170 valence electrons. The Hall–Kier alpha value is -2.58. The normalized spacial score (nSPS) is 11.4. The molecule has 0 atom stereocenters. The molecular formula is C23H33N3O4S. The summed E-state index contributed by atoms with van der Waals surface area (Å²) in [5.74, 6) is 0.250. The topological polar surface area (TPSA) is 79.0 Å². The number of nitrogens with one attached hydrogen (secondary N) is 1. The SMILES string of the molecule is CCOc1ccc(S(=O)(=O)N(CC)CC)cc1NC(=O)CCc1ccc(N(C)C)cc1. The van der Waals surface area contributed by atoms with Gasteiger partial charge < -0.3 is 15.0 Å². The lowest BCUT2D eigenvalue weighted by Crippen LogP contribution is -2.30. The molecule has 0 aliphatic carbocycles. The molecule has 0 spiro atoms. The summed E-state index contributed by atoms with van der Waals surface area (Å²) in [7, 11) is 0.323. The molecule has 0 unspecified atom stereocenters. The molecule has 8 heteroatoms. The Morgan fingerprint density at radius 3 is 2.19 bits per heavy atom. The van der Waals surface area contributed by atoms with Crippen molar-refractivity contribution in [2.45, 2.75) is 38.5 Å². The molecule has 2 aromatic rings. The third-order valence-corrected chi connectivity index (χ3v) is 7.01. The highest BCUT2D eigenvalue weighted by molar-refractivity contribution is 7.89. The van der Waals surface area contributed by atoms with E-state index in [0.29, 0.717) is 37.6 Å². The van der Waals surface area contributed by atoms with Crippen LogP contribution < -0.4 is 15.0 Å². The monoisotopic (exact) mass is 447 g/mol. The first kappa shape index (κ1) is 24.7. The van der Waals surface area contributed by atoms with E-state index in [9.17, 15) is 13.2 Å². The zero-order valence-corrected chi connectivity index (χ0v) is 19.8. The Bertz CT molecular complexity index is 969. The minimum atomic E-state index is -3.64. The van der Waals surface area contributed by atoms with Crippen LogP contribution in [-0.2, 0) is 21.2 Å². The van der Waals surface area contributed by atoms with Gasteiger partial charge >= 0.3 is 0 Å². The first-order valence-electron chi connectivity index (χ1n) is 10.6. The first-order valence-corrected chi connectivity index (χ1v) is 12.0. The van der Waals surface area contributed by atoms with E-state index < -0.39 is 10.0 Å². The lowest BCUT2D eigenvalue weighted by molar-refractivity contribution is -0.116. The van der Waals surface area contributed by atoms with Crippen LogP contribution in [0, 0.1) is 0 Å². The van der Waals surface area contributed by atoms with Gasteiger partial charge in [0.1, 0.15) is 5.75 Å². The lowest BCUT2D eigenvalue weighted by Gasteiger charge is -2.20. The number of nitrogens with zero attached hydrogens (tertiary/aromatic N) is 2. The summed E-state index contributed by atoms with van der Waals surface area (Å²) in [6, 6.07) is 12.6. The van der Waals surface area contributed by atoms with E-state index in [4.69, 9.17) is 4.74 Å². The van der Waals surface area contributed by atoms with Gasteiger partial charge in [-0.25, -0.2) is 8.42 Å². The Morgan fingerprint density at radius 2 is 1.65 bits per heavy atom. The van der Waals surface area contributed by atoms with Crippen molar-refractivity contribution in [3.05, 3.63) is 48.0 Å². The van der Waals surface area contributed by atoms with E-state index >= 15 is 0 Å². The number of hydrogen-bond donors (Lipinski definition) is 1. The van der Waals surface area contributed by atoms with Gasteiger partial charge in [0.25, 0.3) is 0 Å². The zero-order chi connectivity index (χ0) is 23.0. The number of sulfonamides is 1. The number of amides is 1. The van der Waals surface area contributed by atoms with Crippen LogP contribution in [0.25, 0.3) is 0 Å². The smallest absolute Gasteiger partial charge is 0.243 e. The zero-order valence-electron chi connectivity index (χ0n) is 19.0. The minimum Gasteiger partial charge on any atom is -0.492 e. The number of anilines is 2. The molecule has 0 fully saturated rings. The first-order chi connectivity index (χ1) is 14.7. The fourth-order valence-electron chi connectivity index (χ4n) is 3.19. The summed E-state index contributed by atoms with van der Waals surface area (Å²) in [5, 5.41) is 2.83. The number of aryl methyl sites for hydroxylation is 1. The van der Waals surface area contributed by atoms with Crippen molar-refractivity contribution in [3.8, 4) is 5.75 Å². The highest BCUT2D eigenvalue weighted by Gasteiger charge is 2.23. The predicted molar refractivity (Wildman–Crippen MR) is 125 cm³/mol. The molecule has 31 heavy (non-hydrogen) atoms. The van der Waals surface area contributed by atoms with E-state index in [-0.39, 0.29) is 17.2 Å². The third kappa shape index (κ3) is 6.45. The van der Waals surface area contributed by atoms with Crippen LogP contribution in [0.3, 0.4) is 0 Å². The average Bonchev–Trinajstić information content (AvgIpc) is 2.74. The molecule has 2 aromatic carbocycles. The number of carbonyl (C=O) groups excluding carboxylic acids is 1. The Balaban J connectivity index is 2.16. The van der Waals surface area contributed by atoms with Gasteiger partial charge in [-0.2, -0.15) is 4.31 Å². The Labute approximate surface area is 186 Å². The van der Waals surface area contributed by atoms with Crippen LogP contribution in [0.1, 0.15) is 32.8 Å². The molecule has 0 bridgehead atoms. The lowest BCUT2D eigenvalue weighted by atomic mass is 10.1. The van der Waals surface area contributed by atoms with Crippen LogP contribution in [0.4, 0.5) is 11.4 Å². The second kappa shape index (κ2) is 11.2. The van der Waals surface area contributed by atoms with Crippen molar-refractivity contribution in [2.24, 2.45) is 0 Å². The minimum absolute atomic E-state index is 0.134. The highest BCUT2D eigenvalue weighted by atomic mass is 32.2. The summed E-state index contributed by atoms with van der Waals surface area (Å²) in [4.78, 5) is 14.7. The molecule has 0 radical (unpaired) electrons. The van der Waals surface area contributed by atoms with Gasteiger partial charge in [0, 0.05) is 39.3 Å². The van der Waals surface area contributed by atoms with Crippen molar-refractivity contribution in [2.75, 3.05) is 44.0 Å². The van der Waals surface area contributed by atoms with Crippen molar-refractivity contribution in [1.29, 1.82) is 0 Å². The van der Waals surface area contributed by atoms with Gasteiger partial charge in [0.15, 0.2) is 0 Å². The number of carbonyl (C=O) groups is 1. The van der Waals surface area contributed by atoms with Crippen molar-refractivity contribution in [3.63, 3.8) is 0 Å². The maximum atomic E-state index is 12.9. The summed E-state index contributed by atoms with van der Waals surface area (Å²) in [6.07, 6.45) is 0.862. The van der Waals surface area contributed by atoms with Gasteiger partial charge in [-0.1, -0.05) is 26.0 Å². The van der Waals surface area contributed by atoms with Crippen LogP contribution in [0.5, 0.6) is 5.75 Å². The van der Waals surface area contributed by atoms with Crippen molar-refractivity contribution < 1.29 is 17.9 Å². The van der Waals surface area contributed by atoms with Crippen LogP contribution in [-0.4, -0.2) is 52.4 Å². The fourth-order valence-corrected chi connectivity index (χ4v) is 4.68. The molecule has 0 heterocycles. The molecule has 0 saturated carbocycles. The highest BCUT2D eigenvalue weighted by Crippen LogP contribution is 2.29. The van der Waals surface area contributed by atoms with E-state index in [2.05, 4.69) is 5.32 Å².